The van der Waals surface area contributed by atoms with Gasteiger partial charge in [0.25, 0.3) is 0 Å². The molecule has 0 fully saturated rings. The molecule has 0 radical (unpaired) electrons. The molecule has 1 N–H and O–H groups in total. The van der Waals surface area contributed by atoms with Crippen molar-refractivity contribution in [3.8, 4) is 11.8 Å². The van der Waals surface area contributed by atoms with Crippen LogP contribution in [-0.2, 0) is 0 Å². The van der Waals surface area contributed by atoms with Gasteiger partial charge in [0.1, 0.15) is 5.75 Å². The van der Waals surface area contributed by atoms with Crippen molar-refractivity contribution >= 4 is 22.6 Å². The van der Waals surface area contributed by atoms with Crippen LogP contribution in [0.4, 0.5) is 0 Å². The van der Waals surface area contributed by atoms with Gasteiger partial charge < -0.3 is 9.72 Å². The number of aromatic amines is 1. The van der Waals surface area contributed by atoms with E-state index in [-0.39, 0.29) is 6.10 Å². The van der Waals surface area contributed by atoms with E-state index in [1.807, 2.05) is 56.5 Å². The molecule has 4 nitrogen and oxygen atoms in total. The van der Waals surface area contributed by atoms with E-state index in [1.165, 1.54) is 0 Å². The number of nitriles is 1. The molecule has 0 saturated carbocycles. The van der Waals surface area contributed by atoms with Crippen LogP contribution in [0.5, 0.6) is 5.75 Å². The first-order chi connectivity index (χ1) is 11.2. The fourth-order valence-electron chi connectivity index (χ4n) is 2.47. The Kier molecular flexibility index (Phi) is 4.11. The summed E-state index contributed by atoms with van der Waals surface area (Å²) in [4.78, 5) is 7.29. The number of hydrogen-bond acceptors (Lipinski definition) is 3. The van der Waals surface area contributed by atoms with Crippen molar-refractivity contribution in [2.75, 3.05) is 0 Å². The van der Waals surface area contributed by atoms with Crippen molar-refractivity contribution in [2.45, 2.75) is 20.0 Å². The molecule has 0 bridgehead atoms. The molecule has 1 aromatic carbocycles. The van der Waals surface area contributed by atoms with Crippen molar-refractivity contribution in [3.05, 3.63) is 60.0 Å². The molecule has 0 saturated heterocycles. The number of ether oxygens (including phenoxy) is 1. The van der Waals surface area contributed by atoms with Gasteiger partial charge in [-0.05, 0) is 49.8 Å². The molecule has 0 aliphatic heterocycles. The fraction of sp³-hybridized carbons (Fsp3) is 0.158. The number of benzene rings is 1. The highest BCUT2D eigenvalue weighted by Crippen LogP contribution is 2.29. The van der Waals surface area contributed by atoms with Gasteiger partial charge in [0.05, 0.1) is 17.7 Å². The average molecular weight is 303 g/mol. The summed E-state index contributed by atoms with van der Waals surface area (Å²) in [6.07, 6.45) is 7.25. The van der Waals surface area contributed by atoms with Crippen LogP contribution in [0.15, 0.2) is 48.9 Å². The number of nitrogens with one attached hydrogen (secondary N) is 1. The molecule has 3 rings (SSSR count). The molecule has 0 amide bonds. The van der Waals surface area contributed by atoms with Crippen molar-refractivity contribution in [1.29, 1.82) is 5.26 Å². The van der Waals surface area contributed by atoms with Gasteiger partial charge in [-0.1, -0.05) is 6.07 Å². The third kappa shape index (κ3) is 3.24. The van der Waals surface area contributed by atoms with Gasteiger partial charge in [0, 0.05) is 35.1 Å². The molecule has 2 heterocycles. The topological polar surface area (TPSA) is 61.7 Å². The maximum Gasteiger partial charge on any atom is 0.120 e. The first-order valence-corrected chi connectivity index (χ1v) is 7.47. The highest BCUT2D eigenvalue weighted by atomic mass is 16.5. The highest BCUT2D eigenvalue weighted by molar-refractivity contribution is 6.01. The number of hydrogen-bond donors (Lipinski definition) is 1. The summed E-state index contributed by atoms with van der Waals surface area (Å²) in [5.74, 6) is 0.798. The van der Waals surface area contributed by atoms with Crippen LogP contribution in [0, 0.1) is 11.3 Å². The number of rotatable bonds is 4. The minimum absolute atomic E-state index is 0.108. The Bertz CT molecular complexity index is 886. The molecule has 4 heteroatoms. The average Bonchev–Trinajstić information content (AvgIpc) is 2.96. The third-order valence-corrected chi connectivity index (χ3v) is 3.43. The highest BCUT2D eigenvalue weighted by Gasteiger charge is 2.10. The Morgan fingerprint density at radius 1 is 1.35 bits per heavy atom. The number of H-pyrrole nitrogens is 1. The van der Waals surface area contributed by atoms with Gasteiger partial charge in [-0.15, -0.1) is 0 Å². The lowest BCUT2D eigenvalue weighted by Crippen LogP contribution is -2.05. The summed E-state index contributed by atoms with van der Waals surface area (Å²) in [6, 6.07) is 11.9. The van der Waals surface area contributed by atoms with E-state index in [9.17, 15) is 5.26 Å². The van der Waals surface area contributed by atoms with E-state index in [0.29, 0.717) is 5.57 Å². The predicted octanol–water partition coefficient (Wildman–Crippen LogP) is 4.41. The first-order valence-electron chi connectivity index (χ1n) is 7.47. The zero-order chi connectivity index (χ0) is 16.2. The Balaban J connectivity index is 2.07. The monoisotopic (exact) mass is 303 g/mol. The summed E-state index contributed by atoms with van der Waals surface area (Å²) in [7, 11) is 0. The maximum atomic E-state index is 9.55. The van der Waals surface area contributed by atoms with Crippen LogP contribution >= 0.6 is 0 Å². The zero-order valence-electron chi connectivity index (χ0n) is 13.1. The number of fused-ring (bicyclic) bond motifs is 1. The lowest BCUT2D eigenvalue weighted by molar-refractivity contribution is 0.243. The molecular formula is C19H17N3O. The molecule has 23 heavy (non-hydrogen) atoms. The summed E-state index contributed by atoms with van der Waals surface area (Å²) in [6.45, 7) is 3.98. The van der Waals surface area contributed by atoms with Crippen molar-refractivity contribution in [2.24, 2.45) is 0 Å². The van der Waals surface area contributed by atoms with Crippen molar-refractivity contribution in [1.82, 2.24) is 9.97 Å². The normalized spacial score (nSPS) is 11.7. The Hall–Kier alpha value is -3.06. The fourth-order valence-corrected chi connectivity index (χ4v) is 2.47. The van der Waals surface area contributed by atoms with Crippen molar-refractivity contribution < 1.29 is 4.74 Å². The van der Waals surface area contributed by atoms with Crippen LogP contribution in [0.2, 0.25) is 0 Å². The minimum Gasteiger partial charge on any atom is -0.491 e. The molecule has 0 atom stereocenters. The van der Waals surface area contributed by atoms with E-state index in [0.717, 1.165) is 27.8 Å². The molecule has 0 aliphatic rings. The summed E-state index contributed by atoms with van der Waals surface area (Å²) >= 11 is 0. The van der Waals surface area contributed by atoms with Gasteiger partial charge >= 0.3 is 0 Å². The van der Waals surface area contributed by atoms with Crippen molar-refractivity contribution in [3.63, 3.8) is 0 Å². The molecule has 3 aromatic rings. The number of nitrogens with zero attached hydrogens (tertiary/aromatic N) is 2. The van der Waals surface area contributed by atoms with E-state index in [2.05, 4.69) is 16.0 Å². The lowest BCUT2D eigenvalue weighted by atomic mass is 10.0. The van der Waals surface area contributed by atoms with Gasteiger partial charge in [-0.2, -0.15) is 5.26 Å². The van der Waals surface area contributed by atoms with E-state index < -0.39 is 0 Å². The predicted molar refractivity (Wildman–Crippen MR) is 91.8 cm³/mol. The van der Waals surface area contributed by atoms with Crippen LogP contribution in [-0.4, -0.2) is 16.1 Å². The lowest BCUT2D eigenvalue weighted by Gasteiger charge is -2.09. The van der Waals surface area contributed by atoms with Gasteiger partial charge in [-0.25, -0.2) is 0 Å². The quantitative estimate of drug-likeness (QED) is 0.726. The first kappa shape index (κ1) is 14.9. The second-order valence-corrected chi connectivity index (χ2v) is 5.53. The van der Waals surface area contributed by atoms with Crippen LogP contribution in [0.3, 0.4) is 0 Å². The zero-order valence-corrected chi connectivity index (χ0v) is 13.1. The molecule has 114 valence electrons. The maximum absolute atomic E-state index is 9.55. The molecule has 0 spiro atoms. The molecule has 0 unspecified atom stereocenters. The Labute approximate surface area is 135 Å². The van der Waals surface area contributed by atoms with Gasteiger partial charge in [0.2, 0.25) is 0 Å². The van der Waals surface area contributed by atoms with E-state index in [4.69, 9.17) is 4.74 Å². The van der Waals surface area contributed by atoms with Gasteiger partial charge in [0.15, 0.2) is 0 Å². The Morgan fingerprint density at radius 3 is 2.91 bits per heavy atom. The molecular weight excluding hydrogens is 286 g/mol. The van der Waals surface area contributed by atoms with Crippen LogP contribution < -0.4 is 4.74 Å². The number of allylic oxidation sites excluding steroid dienone is 1. The van der Waals surface area contributed by atoms with E-state index >= 15 is 0 Å². The number of pyridine rings is 1. The van der Waals surface area contributed by atoms with Gasteiger partial charge in [-0.3, -0.25) is 4.98 Å². The third-order valence-electron chi connectivity index (χ3n) is 3.43. The Morgan fingerprint density at radius 2 is 2.22 bits per heavy atom. The largest absolute Gasteiger partial charge is 0.491 e. The van der Waals surface area contributed by atoms with Crippen LogP contribution in [0.25, 0.3) is 22.6 Å². The smallest absolute Gasteiger partial charge is 0.120 e. The number of aromatic nitrogens is 2. The standard InChI is InChI=1S/C19H17N3O/c1-13(2)23-16-5-6-19-17(9-16)18(12-22-19)15(10-20)8-14-4-3-7-21-11-14/h3-9,11-13,22H,1-2H3/b15-8+. The summed E-state index contributed by atoms with van der Waals surface area (Å²) in [5.41, 5.74) is 3.32. The van der Waals surface area contributed by atoms with E-state index in [1.54, 1.807) is 12.4 Å². The molecule has 0 aliphatic carbocycles. The summed E-state index contributed by atoms with van der Waals surface area (Å²) < 4.78 is 5.75. The SMILES string of the molecule is CC(C)Oc1ccc2[nH]cc(/C(C#N)=C/c3cccnc3)c2c1. The second kappa shape index (κ2) is 6.37. The summed E-state index contributed by atoms with van der Waals surface area (Å²) in [5, 5.41) is 10.5. The van der Waals surface area contributed by atoms with Crippen LogP contribution in [0.1, 0.15) is 25.0 Å². The molecule has 2 aromatic heterocycles. The minimum atomic E-state index is 0.108. The second-order valence-electron chi connectivity index (χ2n) is 5.53.